The van der Waals surface area contributed by atoms with E-state index in [0.29, 0.717) is 23.8 Å². The van der Waals surface area contributed by atoms with Gasteiger partial charge in [0, 0.05) is 17.9 Å². The van der Waals surface area contributed by atoms with Gasteiger partial charge in [-0.1, -0.05) is 42.1 Å². The number of tetrazole rings is 1. The summed E-state index contributed by atoms with van der Waals surface area (Å²) in [7, 11) is 1.62. The molecule has 10 heteroatoms. The quantitative estimate of drug-likeness (QED) is 0.517. The van der Waals surface area contributed by atoms with Gasteiger partial charge >= 0.3 is 0 Å². The molecule has 0 unspecified atom stereocenters. The summed E-state index contributed by atoms with van der Waals surface area (Å²) in [6, 6.07) is 14.3. The topological polar surface area (TPSA) is 73.1 Å². The van der Waals surface area contributed by atoms with Crippen molar-refractivity contribution < 1.29 is 13.9 Å². The number of rotatable bonds is 7. The first-order valence-electron chi connectivity index (χ1n) is 9.33. The number of halogens is 1. The summed E-state index contributed by atoms with van der Waals surface area (Å²) in [6.07, 6.45) is 0. The Morgan fingerprint density at radius 2 is 2.07 bits per heavy atom. The maximum absolute atomic E-state index is 14.2. The van der Waals surface area contributed by atoms with Crippen LogP contribution in [0.5, 0.6) is 5.75 Å². The van der Waals surface area contributed by atoms with Crippen LogP contribution in [0.2, 0.25) is 0 Å². The molecule has 30 heavy (non-hydrogen) atoms. The standard InChI is InChI=1S/C20H20FN5O2S2/c1-28-15-8-6-14(7-9-15)12-26-20(22-23-24-26)30-13-18(27)25-10-11-29-19(25)16-4-2-3-5-17(16)21/h2-9,19H,10-13H2,1H3/t19-/m0/s1. The van der Waals surface area contributed by atoms with E-state index >= 15 is 0 Å². The normalized spacial score (nSPS) is 16.1. The lowest BCUT2D eigenvalue weighted by molar-refractivity contribution is -0.128. The molecule has 1 fully saturated rings. The van der Waals surface area contributed by atoms with Crippen molar-refractivity contribution in [2.45, 2.75) is 17.1 Å². The highest BCUT2D eigenvalue weighted by Crippen LogP contribution is 2.39. The predicted molar refractivity (Wildman–Crippen MR) is 114 cm³/mol. The van der Waals surface area contributed by atoms with Crippen LogP contribution in [0, 0.1) is 5.82 Å². The number of carbonyl (C=O) groups is 1. The molecule has 1 aliphatic heterocycles. The van der Waals surface area contributed by atoms with Crippen molar-refractivity contribution in [2.75, 3.05) is 25.2 Å². The molecule has 0 bridgehead atoms. The molecule has 3 aromatic rings. The molecule has 156 valence electrons. The summed E-state index contributed by atoms with van der Waals surface area (Å²) in [6.45, 7) is 1.09. The van der Waals surface area contributed by atoms with Crippen molar-refractivity contribution in [3.8, 4) is 5.75 Å². The third-order valence-corrected chi connectivity index (χ3v) is 6.88. The van der Waals surface area contributed by atoms with Gasteiger partial charge in [0.2, 0.25) is 11.1 Å². The predicted octanol–water partition coefficient (Wildman–Crippen LogP) is 3.24. The minimum absolute atomic E-state index is 0.0581. The van der Waals surface area contributed by atoms with Crippen molar-refractivity contribution in [2.24, 2.45) is 0 Å². The van der Waals surface area contributed by atoms with Gasteiger partial charge < -0.3 is 9.64 Å². The molecule has 1 saturated heterocycles. The second-order valence-corrected chi connectivity index (χ2v) is 8.72. The minimum atomic E-state index is -0.297. The molecule has 1 aliphatic rings. The highest BCUT2D eigenvalue weighted by Gasteiger charge is 2.32. The number of thioether (sulfide) groups is 2. The first-order valence-corrected chi connectivity index (χ1v) is 11.4. The first-order chi connectivity index (χ1) is 14.7. The van der Waals surface area contributed by atoms with E-state index in [1.165, 1.54) is 17.8 Å². The van der Waals surface area contributed by atoms with Gasteiger partial charge in [-0.05, 0) is 34.2 Å². The zero-order valence-corrected chi connectivity index (χ0v) is 17.9. The maximum Gasteiger partial charge on any atom is 0.234 e. The monoisotopic (exact) mass is 445 g/mol. The number of hydrogen-bond acceptors (Lipinski definition) is 7. The smallest absolute Gasteiger partial charge is 0.234 e. The molecule has 2 heterocycles. The first kappa shape index (κ1) is 20.7. The lowest BCUT2D eigenvalue weighted by Gasteiger charge is -2.24. The maximum atomic E-state index is 14.2. The van der Waals surface area contributed by atoms with E-state index in [9.17, 15) is 9.18 Å². The highest BCUT2D eigenvalue weighted by atomic mass is 32.2. The van der Waals surface area contributed by atoms with Gasteiger partial charge in [0.1, 0.15) is 16.9 Å². The molecular formula is C20H20FN5O2S2. The van der Waals surface area contributed by atoms with Crippen LogP contribution in [0.1, 0.15) is 16.5 Å². The van der Waals surface area contributed by atoms with Gasteiger partial charge in [-0.25, -0.2) is 9.07 Å². The van der Waals surface area contributed by atoms with Gasteiger partial charge in [-0.2, -0.15) is 0 Å². The van der Waals surface area contributed by atoms with Crippen LogP contribution >= 0.6 is 23.5 Å². The molecule has 1 atom stereocenters. The number of nitrogens with zero attached hydrogens (tertiary/aromatic N) is 5. The second-order valence-electron chi connectivity index (χ2n) is 6.59. The fourth-order valence-electron chi connectivity index (χ4n) is 3.17. The summed E-state index contributed by atoms with van der Waals surface area (Å²) in [5, 5.41) is 12.1. The zero-order valence-electron chi connectivity index (χ0n) is 16.3. The number of hydrogen-bond donors (Lipinski definition) is 0. The summed E-state index contributed by atoms with van der Waals surface area (Å²) >= 11 is 2.86. The van der Waals surface area contributed by atoms with Crippen LogP contribution < -0.4 is 4.74 Å². The number of carbonyl (C=O) groups excluding carboxylic acids is 1. The van der Waals surface area contributed by atoms with Crippen LogP contribution in [0.4, 0.5) is 4.39 Å². The Kier molecular flexibility index (Phi) is 6.53. The highest BCUT2D eigenvalue weighted by molar-refractivity contribution is 8.00. The number of amides is 1. The van der Waals surface area contributed by atoms with E-state index in [1.54, 1.807) is 46.7 Å². The van der Waals surface area contributed by atoms with Gasteiger partial charge in [-0.3, -0.25) is 4.79 Å². The summed E-state index contributed by atoms with van der Waals surface area (Å²) in [4.78, 5) is 14.6. The Hall–Kier alpha value is -2.59. The molecule has 0 aliphatic carbocycles. The van der Waals surface area contributed by atoms with Crippen LogP contribution in [0.25, 0.3) is 0 Å². The molecule has 2 aromatic carbocycles. The molecule has 0 saturated carbocycles. The molecule has 7 nitrogen and oxygen atoms in total. The number of ether oxygens (including phenoxy) is 1. The van der Waals surface area contributed by atoms with E-state index in [1.807, 2.05) is 24.3 Å². The summed E-state index contributed by atoms with van der Waals surface area (Å²) < 4.78 is 21.0. The number of methoxy groups -OCH3 is 1. The van der Waals surface area contributed by atoms with Crippen molar-refractivity contribution in [1.29, 1.82) is 0 Å². The Balaban J connectivity index is 1.39. The van der Waals surface area contributed by atoms with Crippen LogP contribution in [-0.2, 0) is 11.3 Å². The van der Waals surface area contributed by atoms with Crippen molar-refractivity contribution in [3.63, 3.8) is 0 Å². The summed E-state index contributed by atoms with van der Waals surface area (Å²) in [5.74, 6) is 1.41. The second kappa shape index (κ2) is 9.48. The van der Waals surface area contributed by atoms with Gasteiger partial charge in [0.25, 0.3) is 0 Å². The Morgan fingerprint density at radius 3 is 2.83 bits per heavy atom. The molecule has 4 rings (SSSR count). The third kappa shape index (κ3) is 4.59. The van der Waals surface area contributed by atoms with Crippen molar-refractivity contribution in [3.05, 3.63) is 65.5 Å². The van der Waals surface area contributed by atoms with Crippen LogP contribution in [0.15, 0.2) is 53.7 Å². The molecule has 0 radical (unpaired) electrons. The molecule has 0 spiro atoms. The molecular weight excluding hydrogens is 425 g/mol. The lowest BCUT2D eigenvalue weighted by Crippen LogP contribution is -2.32. The van der Waals surface area contributed by atoms with E-state index in [4.69, 9.17) is 4.74 Å². The van der Waals surface area contributed by atoms with Gasteiger partial charge in [0.05, 0.1) is 19.4 Å². The van der Waals surface area contributed by atoms with Gasteiger partial charge in [-0.15, -0.1) is 16.9 Å². The number of benzene rings is 2. The zero-order chi connectivity index (χ0) is 20.9. The average molecular weight is 446 g/mol. The fourth-order valence-corrected chi connectivity index (χ4v) is 5.23. The van der Waals surface area contributed by atoms with E-state index in [0.717, 1.165) is 17.1 Å². The number of aromatic nitrogens is 4. The molecule has 1 amide bonds. The fraction of sp³-hybridized carbons (Fsp3) is 0.300. The molecule has 0 N–H and O–H groups in total. The van der Waals surface area contributed by atoms with Crippen LogP contribution in [-0.4, -0.2) is 56.2 Å². The lowest BCUT2D eigenvalue weighted by atomic mass is 10.2. The SMILES string of the molecule is COc1ccc(Cn2nnnc2SCC(=O)N2CCS[C@H]2c2ccccc2F)cc1. The minimum Gasteiger partial charge on any atom is -0.497 e. The largest absolute Gasteiger partial charge is 0.497 e. The Bertz CT molecular complexity index is 1010. The van der Waals surface area contributed by atoms with E-state index < -0.39 is 0 Å². The van der Waals surface area contributed by atoms with Crippen LogP contribution in [0.3, 0.4) is 0 Å². The Labute approximate surface area is 182 Å². The van der Waals surface area contributed by atoms with Crippen molar-refractivity contribution >= 4 is 29.4 Å². The summed E-state index contributed by atoms with van der Waals surface area (Å²) in [5.41, 5.74) is 1.56. The third-order valence-electron chi connectivity index (χ3n) is 4.70. The van der Waals surface area contributed by atoms with E-state index in [-0.39, 0.29) is 22.9 Å². The van der Waals surface area contributed by atoms with E-state index in [2.05, 4.69) is 15.5 Å². The molecule has 1 aromatic heterocycles. The Morgan fingerprint density at radius 1 is 1.27 bits per heavy atom. The van der Waals surface area contributed by atoms with Crippen molar-refractivity contribution in [1.82, 2.24) is 25.1 Å². The van der Waals surface area contributed by atoms with Gasteiger partial charge in [0.15, 0.2) is 0 Å². The average Bonchev–Trinajstić information content (AvgIpc) is 3.42.